The van der Waals surface area contributed by atoms with Crippen molar-refractivity contribution in [2.45, 2.75) is 52.1 Å². The highest BCUT2D eigenvalue weighted by molar-refractivity contribution is 6.00. The molecule has 8 heteroatoms. The lowest BCUT2D eigenvalue weighted by Crippen LogP contribution is -2.43. The number of aryl methyl sites for hydroxylation is 1. The first kappa shape index (κ1) is 21.8. The number of Topliss-reactive ketones (excluding diaryl/α,β-unsaturated/α-hetero) is 1. The number of hydrogen-bond acceptors (Lipinski definition) is 6. The Labute approximate surface area is 175 Å². The number of ether oxygens (including phenoxy) is 2. The molecule has 0 bridgehead atoms. The number of hydrogen-bond donors (Lipinski definition) is 1. The van der Waals surface area contributed by atoms with Crippen LogP contribution in [-0.4, -0.2) is 54.0 Å². The molecule has 8 nitrogen and oxygen atoms in total. The summed E-state index contributed by atoms with van der Waals surface area (Å²) in [5.74, 6) is -1.07. The van der Waals surface area contributed by atoms with Gasteiger partial charge in [0.05, 0.1) is 5.92 Å². The maximum atomic E-state index is 12.4. The number of nitrogens with one attached hydrogen (secondary N) is 1. The number of rotatable bonds is 4. The van der Waals surface area contributed by atoms with E-state index in [1.54, 1.807) is 23.1 Å². The smallest absolute Gasteiger partial charge is 0.410 e. The topological polar surface area (TPSA) is 102 Å². The zero-order chi connectivity index (χ0) is 21.9. The summed E-state index contributed by atoms with van der Waals surface area (Å²) in [6.45, 7) is 5.94. The quantitative estimate of drug-likeness (QED) is 0.598. The minimum atomic E-state index is -0.560. The van der Waals surface area contributed by atoms with Crippen LogP contribution >= 0.6 is 0 Å². The van der Waals surface area contributed by atoms with Crippen LogP contribution in [0, 0.1) is 5.92 Å². The summed E-state index contributed by atoms with van der Waals surface area (Å²) >= 11 is 0. The van der Waals surface area contributed by atoms with E-state index in [-0.39, 0.29) is 30.3 Å². The Morgan fingerprint density at radius 1 is 1.13 bits per heavy atom. The Morgan fingerprint density at radius 2 is 1.83 bits per heavy atom. The van der Waals surface area contributed by atoms with Gasteiger partial charge >= 0.3 is 12.1 Å². The van der Waals surface area contributed by atoms with Gasteiger partial charge in [0, 0.05) is 30.8 Å². The van der Waals surface area contributed by atoms with Gasteiger partial charge in [-0.1, -0.05) is 0 Å². The number of amides is 2. The van der Waals surface area contributed by atoms with Gasteiger partial charge in [-0.2, -0.15) is 0 Å². The summed E-state index contributed by atoms with van der Waals surface area (Å²) in [6, 6.07) is 5.07. The number of anilines is 1. The average Bonchev–Trinajstić information content (AvgIpc) is 2.70. The van der Waals surface area contributed by atoms with Crippen LogP contribution in [0.3, 0.4) is 0 Å². The van der Waals surface area contributed by atoms with E-state index in [4.69, 9.17) is 9.47 Å². The third kappa shape index (κ3) is 5.58. The van der Waals surface area contributed by atoms with Crippen molar-refractivity contribution < 1.29 is 28.7 Å². The Morgan fingerprint density at radius 3 is 2.50 bits per heavy atom. The van der Waals surface area contributed by atoms with Crippen LogP contribution in [0.5, 0.6) is 0 Å². The van der Waals surface area contributed by atoms with Gasteiger partial charge in [-0.05, 0) is 63.8 Å². The molecule has 1 saturated heterocycles. The molecule has 2 amide bonds. The molecule has 0 spiro atoms. The lowest BCUT2D eigenvalue weighted by Gasteiger charge is -2.32. The van der Waals surface area contributed by atoms with E-state index in [9.17, 15) is 19.2 Å². The van der Waals surface area contributed by atoms with E-state index in [0.717, 1.165) is 11.3 Å². The minimum absolute atomic E-state index is 0.0341. The van der Waals surface area contributed by atoms with Crippen molar-refractivity contribution in [2.75, 3.05) is 25.0 Å². The number of likely N-dealkylation sites (tertiary alicyclic amines) is 1. The monoisotopic (exact) mass is 416 g/mol. The average molecular weight is 416 g/mol. The Kier molecular flexibility index (Phi) is 6.43. The molecule has 0 atom stereocenters. The van der Waals surface area contributed by atoms with Crippen LogP contribution in [0.2, 0.25) is 0 Å². The van der Waals surface area contributed by atoms with Gasteiger partial charge in [-0.3, -0.25) is 14.4 Å². The van der Waals surface area contributed by atoms with Crippen LogP contribution in [-0.2, 0) is 25.5 Å². The zero-order valence-electron chi connectivity index (χ0n) is 17.7. The molecule has 0 unspecified atom stereocenters. The fourth-order valence-corrected chi connectivity index (χ4v) is 3.52. The van der Waals surface area contributed by atoms with Crippen LogP contribution < -0.4 is 5.32 Å². The van der Waals surface area contributed by atoms with E-state index >= 15 is 0 Å². The van der Waals surface area contributed by atoms with Crippen molar-refractivity contribution in [1.29, 1.82) is 0 Å². The summed E-state index contributed by atoms with van der Waals surface area (Å²) in [6.07, 6.45) is 1.54. The minimum Gasteiger partial charge on any atom is -0.457 e. The first-order valence-electron chi connectivity index (χ1n) is 10.2. The molecular formula is C22H28N2O6. The Hall–Kier alpha value is -2.90. The summed E-state index contributed by atoms with van der Waals surface area (Å²) < 4.78 is 10.6. The first-order chi connectivity index (χ1) is 14.1. The number of nitrogens with zero attached hydrogens (tertiary/aromatic N) is 1. The molecule has 0 saturated carbocycles. The second-order valence-electron chi connectivity index (χ2n) is 8.69. The molecule has 0 aliphatic carbocycles. The third-order valence-electron chi connectivity index (χ3n) is 5.15. The molecule has 1 aromatic carbocycles. The molecule has 3 rings (SSSR count). The number of carbonyl (C=O) groups is 4. The van der Waals surface area contributed by atoms with E-state index in [0.29, 0.717) is 44.3 Å². The van der Waals surface area contributed by atoms with Crippen LogP contribution in [0.4, 0.5) is 10.5 Å². The maximum Gasteiger partial charge on any atom is 0.410 e. The molecule has 2 heterocycles. The second-order valence-corrected chi connectivity index (χ2v) is 8.69. The lowest BCUT2D eigenvalue weighted by molar-refractivity contribution is -0.149. The molecule has 2 aliphatic rings. The largest absolute Gasteiger partial charge is 0.457 e. The molecule has 1 fully saturated rings. The Bertz CT molecular complexity index is 850. The van der Waals surface area contributed by atoms with Gasteiger partial charge in [0.25, 0.3) is 0 Å². The molecular weight excluding hydrogens is 388 g/mol. The summed E-state index contributed by atoms with van der Waals surface area (Å²) in [7, 11) is 0. The molecule has 1 N–H and O–H groups in total. The fraction of sp³-hybridized carbons (Fsp3) is 0.545. The Balaban J connectivity index is 1.46. The molecule has 2 aliphatic heterocycles. The van der Waals surface area contributed by atoms with Gasteiger partial charge in [-0.15, -0.1) is 0 Å². The number of carbonyl (C=O) groups excluding carboxylic acids is 4. The molecule has 1 aromatic rings. The van der Waals surface area contributed by atoms with Crippen LogP contribution in [0.15, 0.2) is 18.2 Å². The number of ketones is 1. The number of piperidine rings is 1. The first-order valence-corrected chi connectivity index (χ1v) is 10.2. The lowest BCUT2D eigenvalue weighted by atomic mass is 9.97. The highest BCUT2D eigenvalue weighted by Gasteiger charge is 2.31. The van der Waals surface area contributed by atoms with Gasteiger partial charge < -0.3 is 19.7 Å². The van der Waals surface area contributed by atoms with Crippen LogP contribution in [0.1, 0.15) is 56.0 Å². The van der Waals surface area contributed by atoms with Crippen molar-refractivity contribution in [1.82, 2.24) is 4.90 Å². The van der Waals surface area contributed by atoms with Crippen molar-refractivity contribution >= 4 is 29.4 Å². The number of fused-ring (bicyclic) bond motifs is 1. The van der Waals surface area contributed by atoms with Crippen LogP contribution in [0.25, 0.3) is 0 Å². The molecule has 162 valence electrons. The zero-order valence-corrected chi connectivity index (χ0v) is 17.7. The predicted octanol–water partition coefficient (Wildman–Crippen LogP) is 2.94. The SMILES string of the molecule is CC(C)(C)OC(=O)N1CCC(C(=O)OCC(=O)c2ccc3c(c2)CCC(=O)N3)CC1. The van der Waals surface area contributed by atoms with Gasteiger partial charge in [0.1, 0.15) is 5.60 Å². The van der Waals surface area contributed by atoms with Crippen molar-refractivity contribution in [3.05, 3.63) is 29.3 Å². The predicted molar refractivity (Wildman–Crippen MR) is 109 cm³/mol. The molecule has 0 aromatic heterocycles. The molecule has 0 radical (unpaired) electrons. The highest BCUT2D eigenvalue weighted by atomic mass is 16.6. The highest BCUT2D eigenvalue weighted by Crippen LogP contribution is 2.24. The van der Waals surface area contributed by atoms with E-state index < -0.39 is 11.6 Å². The van der Waals surface area contributed by atoms with Crippen molar-refractivity contribution in [3.63, 3.8) is 0 Å². The standard InChI is InChI=1S/C22H28N2O6/c1-22(2,3)30-21(28)24-10-8-14(9-11-24)20(27)29-13-18(25)16-4-6-17-15(12-16)5-7-19(26)23-17/h4,6,12,14H,5,7-11,13H2,1-3H3,(H,23,26). The number of esters is 1. The van der Waals surface area contributed by atoms with E-state index in [1.165, 1.54) is 0 Å². The normalized spacial score (nSPS) is 17.0. The fourth-order valence-electron chi connectivity index (χ4n) is 3.52. The summed E-state index contributed by atoms with van der Waals surface area (Å²) in [4.78, 5) is 49.9. The van der Waals surface area contributed by atoms with Crippen molar-refractivity contribution in [3.8, 4) is 0 Å². The van der Waals surface area contributed by atoms with Gasteiger partial charge in [0.2, 0.25) is 5.91 Å². The summed E-state index contributed by atoms with van der Waals surface area (Å²) in [5, 5.41) is 2.77. The second kappa shape index (κ2) is 8.85. The van der Waals surface area contributed by atoms with E-state index in [1.807, 2.05) is 20.8 Å². The third-order valence-corrected chi connectivity index (χ3v) is 5.15. The van der Waals surface area contributed by atoms with Gasteiger partial charge in [0.15, 0.2) is 12.4 Å². The summed E-state index contributed by atoms with van der Waals surface area (Å²) in [5.41, 5.74) is 1.52. The van der Waals surface area contributed by atoms with Crippen molar-refractivity contribution in [2.24, 2.45) is 5.92 Å². The van der Waals surface area contributed by atoms with E-state index in [2.05, 4.69) is 5.32 Å². The molecule has 30 heavy (non-hydrogen) atoms. The maximum absolute atomic E-state index is 12.4. The number of benzene rings is 1. The van der Waals surface area contributed by atoms with Gasteiger partial charge in [-0.25, -0.2) is 4.79 Å².